The largest absolute Gasteiger partial charge is 0.352 e. The SMILES string of the molecule is Cc1ccc(CNC(=O)C2CCN(C(=O)C(C)C3CNC3)CC2)cc1.Cl. The first-order chi connectivity index (χ1) is 12.0. The minimum atomic E-state index is 0. The summed E-state index contributed by atoms with van der Waals surface area (Å²) in [5, 5.41) is 6.27. The van der Waals surface area contributed by atoms with Crippen molar-refractivity contribution in [2.45, 2.75) is 33.2 Å². The summed E-state index contributed by atoms with van der Waals surface area (Å²) in [6.45, 7) is 7.96. The second-order valence-corrected chi connectivity index (χ2v) is 7.51. The summed E-state index contributed by atoms with van der Waals surface area (Å²) in [4.78, 5) is 26.9. The monoisotopic (exact) mass is 379 g/mol. The second kappa shape index (κ2) is 9.38. The zero-order valence-electron chi connectivity index (χ0n) is 15.7. The Kier molecular flexibility index (Phi) is 7.47. The minimum Gasteiger partial charge on any atom is -0.352 e. The summed E-state index contributed by atoms with van der Waals surface area (Å²) in [6, 6.07) is 8.22. The Labute approximate surface area is 162 Å². The number of carbonyl (C=O) groups is 2. The Morgan fingerprint density at radius 1 is 1.19 bits per heavy atom. The molecule has 0 saturated carbocycles. The van der Waals surface area contributed by atoms with Crippen molar-refractivity contribution in [3.63, 3.8) is 0 Å². The van der Waals surface area contributed by atoms with Crippen LogP contribution in [0.3, 0.4) is 0 Å². The predicted molar refractivity (Wildman–Crippen MR) is 105 cm³/mol. The topological polar surface area (TPSA) is 61.4 Å². The molecule has 0 bridgehead atoms. The number of hydrogen-bond donors (Lipinski definition) is 2. The number of aryl methyl sites for hydroxylation is 1. The third kappa shape index (κ3) is 4.98. The minimum absolute atomic E-state index is 0. The van der Waals surface area contributed by atoms with Gasteiger partial charge in [0.25, 0.3) is 0 Å². The van der Waals surface area contributed by atoms with Crippen molar-refractivity contribution in [3.05, 3.63) is 35.4 Å². The summed E-state index contributed by atoms with van der Waals surface area (Å²) in [7, 11) is 0. The molecule has 5 nitrogen and oxygen atoms in total. The van der Waals surface area contributed by atoms with Crippen LogP contribution < -0.4 is 10.6 Å². The van der Waals surface area contributed by atoms with Crippen LogP contribution in [0.25, 0.3) is 0 Å². The molecule has 0 radical (unpaired) electrons. The van der Waals surface area contributed by atoms with Gasteiger partial charge >= 0.3 is 0 Å². The van der Waals surface area contributed by atoms with Gasteiger partial charge in [0.1, 0.15) is 0 Å². The molecule has 2 aliphatic heterocycles. The highest BCUT2D eigenvalue weighted by Crippen LogP contribution is 2.23. The molecule has 144 valence electrons. The molecular weight excluding hydrogens is 350 g/mol. The lowest BCUT2D eigenvalue weighted by Crippen LogP contribution is -2.52. The number of amides is 2. The molecule has 0 spiro atoms. The number of piperidine rings is 1. The van der Waals surface area contributed by atoms with Gasteiger partial charge in [-0.2, -0.15) is 0 Å². The standard InChI is InChI=1S/C20H29N3O2.ClH/c1-14-3-5-16(6-4-14)11-22-19(24)17-7-9-23(10-8-17)20(25)15(2)18-12-21-13-18;/h3-6,15,17-18,21H,7-13H2,1-2H3,(H,22,24);1H. The highest BCUT2D eigenvalue weighted by atomic mass is 35.5. The number of halogens is 1. The average Bonchev–Trinajstić information content (AvgIpc) is 2.59. The van der Waals surface area contributed by atoms with Crippen LogP contribution in [0, 0.1) is 24.7 Å². The van der Waals surface area contributed by atoms with E-state index in [0.29, 0.717) is 25.6 Å². The molecule has 2 amide bonds. The van der Waals surface area contributed by atoms with E-state index >= 15 is 0 Å². The lowest BCUT2D eigenvalue weighted by molar-refractivity contribution is -0.140. The number of nitrogens with one attached hydrogen (secondary N) is 2. The fraction of sp³-hybridized carbons (Fsp3) is 0.600. The Morgan fingerprint density at radius 2 is 1.81 bits per heavy atom. The molecule has 2 fully saturated rings. The fourth-order valence-electron chi connectivity index (χ4n) is 3.56. The van der Waals surface area contributed by atoms with Crippen molar-refractivity contribution in [2.75, 3.05) is 26.2 Å². The van der Waals surface area contributed by atoms with Gasteiger partial charge in [0, 0.05) is 31.5 Å². The first-order valence-corrected chi connectivity index (χ1v) is 9.37. The van der Waals surface area contributed by atoms with E-state index in [9.17, 15) is 9.59 Å². The van der Waals surface area contributed by atoms with Crippen LogP contribution in [-0.4, -0.2) is 42.9 Å². The third-order valence-electron chi connectivity index (χ3n) is 5.67. The second-order valence-electron chi connectivity index (χ2n) is 7.51. The van der Waals surface area contributed by atoms with E-state index in [-0.39, 0.29) is 36.1 Å². The number of benzene rings is 1. The first kappa shape index (κ1) is 20.7. The molecule has 0 aliphatic carbocycles. The average molecular weight is 380 g/mol. The van der Waals surface area contributed by atoms with Gasteiger partial charge in [-0.15, -0.1) is 12.4 Å². The van der Waals surface area contributed by atoms with Crippen LogP contribution in [0.1, 0.15) is 30.9 Å². The van der Waals surface area contributed by atoms with E-state index in [1.807, 2.05) is 24.0 Å². The maximum Gasteiger partial charge on any atom is 0.225 e. The molecule has 2 saturated heterocycles. The molecule has 2 N–H and O–H groups in total. The fourth-order valence-corrected chi connectivity index (χ4v) is 3.56. The molecule has 2 heterocycles. The van der Waals surface area contributed by atoms with Crippen molar-refractivity contribution in [1.29, 1.82) is 0 Å². The summed E-state index contributed by atoms with van der Waals surface area (Å²) in [5.41, 5.74) is 2.34. The van der Waals surface area contributed by atoms with Crippen molar-refractivity contribution in [1.82, 2.24) is 15.5 Å². The Hall–Kier alpha value is -1.59. The highest BCUT2D eigenvalue weighted by Gasteiger charge is 2.34. The number of hydrogen-bond acceptors (Lipinski definition) is 3. The quantitative estimate of drug-likeness (QED) is 0.823. The Bertz CT molecular complexity index is 608. The van der Waals surface area contributed by atoms with Crippen molar-refractivity contribution in [3.8, 4) is 0 Å². The van der Waals surface area contributed by atoms with Crippen molar-refractivity contribution >= 4 is 24.2 Å². The number of likely N-dealkylation sites (tertiary alicyclic amines) is 1. The van der Waals surface area contributed by atoms with Gasteiger partial charge in [-0.25, -0.2) is 0 Å². The van der Waals surface area contributed by atoms with Gasteiger partial charge in [-0.05, 0) is 44.3 Å². The van der Waals surface area contributed by atoms with E-state index in [0.717, 1.165) is 31.5 Å². The van der Waals surface area contributed by atoms with E-state index in [1.165, 1.54) is 5.56 Å². The molecule has 0 aromatic heterocycles. The van der Waals surface area contributed by atoms with Crippen molar-refractivity contribution < 1.29 is 9.59 Å². The molecule has 6 heteroatoms. The molecule has 1 atom stereocenters. The maximum atomic E-state index is 12.5. The maximum absolute atomic E-state index is 12.5. The van der Waals surface area contributed by atoms with Gasteiger partial charge in [0.05, 0.1) is 0 Å². The molecule has 3 rings (SSSR count). The van der Waals surface area contributed by atoms with Gasteiger partial charge in [-0.1, -0.05) is 36.8 Å². The Morgan fingerprint density at radius 3 is 2.35 bits per heavy atom. The molecule has 1 aromatic carbocycles. The molecule has 1 aromatic rings. The summed E-state index contributed by atoms with van der Waals surface area (Å²) < 4.78 is 0. The summed E-state index contributed by atoms with van der Waals surface area (Å²) >= 11 is 0. The van der Waals surface area contributed by atoms with Crippen LogP contribution in [-0.2, 0) is 16.1 Å². The van der Waals surface area contributed by atoms with Crippen molar-refractivity contribution in [2.24, 2.45) is 17.8 Å². The lowest BCUT2D eigenvalue weighted by atomic mass is 9.87. The van der Waals surface area contributed by atoms with Gasteiger partial charge in [0.2, 0.25) is 11.8 Å². The predicted octanol–water partition coefficient (Wildman–Crippen LogP) is 2.13. The molecule has 26 heavy (non-hydrogen) atoms. The molecule has 2 aliphatic rings. The van der Waals surface area contributed by atoms with E-state index in [4.69, 9.17) is 0 Å². The van der Waals surface area contributed by atoms with Crippen LogP contribution in [0.4, 0.5) is 0 Å². The number of nitrogens with zero attached hydrogens (tertiary/aromatic N) is 1. The van der Waals surface area contributed by atoms with E-state index in [2.05, 4.69) is 29.7 Å². The first-order valence-electron chi connectivity index (χ1n) is 9.37. The molecule has 1 unspecified atom stereocenters. The highest BCUT2D eigenvalue weighted by molar-refractivity contribution is 5.85. The van der Waals surface area contributed by atoms with Crippen LogP contribution in [0.5, 0.6) is 0 Å². The van der Waals surface area contributed by atoms with Gasteiger partial charge in [-0.3, -0.25) is 9.59 Å². The van der Waals surface area contributed by atoms with Crippen LogP contribution in [0.2, 0.25) is 0 Å². The third-order valence-corrected chi connectivity index (χ3v) is 5.67. The zero-order valence-corrected chi connectivity index (χ0v) is 16.5. The van der Waals surface area contributed by atoms with Crippen LogP contribution in [0.15, 0.2) is 24.3 Å². The van der Waals surface area contributed by atoms with E-state index in [1.54, 1.807) is 0 Å². The summed E-state index contributed by atoms with van der Waals surface area (Å²) in [6.07, 6.45) is 1.53. The number of rotatable bonds is 5. The normalized spacial score (nSPS) is 19.2. The van der Waals surface area contributed by atoms with Gasteiger partial charge in [0.15, 0.2) is 0 Å². The Balaban J connectivity index is 0.00000243. The van der Waals surface area contributed by atoms with Gasteiger partial charge < -0.3 is 15.5 Å². The van der Waals surface area contributed by atoms with E-state index < -0.39 is 0 Å². The van der Waals surface area contributed by atoms with Crippen LogP contribution >= 0.6 is 12.4 Å². The number of carbonyl (C=O) groups excluding carboxylic acids is 2. The zero-order chi connectivity index (χ0) is 17.8. The summed E-state index contributed by atoms with van der Waals surface area (Å²) in [5.74, 6) is 0.959. The smallest absolute Gasteiger partial charge is 0.225 e. The lowest BCUT2D eigenvalue weighted by Gasteiger charge is -2.37. The molecular formula is C20H30ClN3O2.